The highest BCUT2D eigenvalue weighted by molar-refractivity contribution is 7.89. The lowest BCUT2D eigenvalue weighted by Crippen LogP contribution is -2.40. The Morgan fingerprint density at radius 1 is 1.08 bits per heavy atom. The zero-order valence-corrected chi connectivity index (χ0v) is 17.2. The van der Waals surface area contributed by atoms with Crippen molar-refractivity contribution in [3.63, 3.8) is 0 Å². The van der Waals surface area contributed by atoms with Gasteiger partial charge in [-0.05, 0) is 43.3 Å². The van der Waals surface area contributed by atoms with E-state index in [4.69, 9.17) is 46.4 Å². The minimum absolute atomic E-state index is 0.00299. The smallest absolute Gasteiger partial charge is 0.242 e. The van der Waals surface area contributed by atoms with E-state index in [9.17, 15) is 8.42 Å². The first-order valence-corrected chi connectivity index (χ1v) is 10.4. The molecule has 0 spiro atoms. The number of benzene rings is 2. The molecule has 1 N–H and O–H groups in total. The molecule has 1 atom stereocenters. The molecule has 0 amide bonds. The third-order valence-electron chi connectivity index (χ3n) is 3.73. The van der Waals surface area contributed by atoms with Crippen molar-refractivity contribution in [3.8, 4) is 0 Å². The first-order valence-electron chi connectivity index (χ1n) is 7.38. The van der Waals surface area contributed by atoms with Crippen LogP contribution in [-0.4, -0.2) is 21.8 Å². The van der Waals surface area contributed by atoms with Gasteiger partial charge in [0.1, 0.15) is 12.0 Å². The SMILES string of the molecule is Cc1nc2ccccc2n1C(NS(=O)(=O)c1ccc(Cl)cc1)C(Cl)(Cl)Cl. The second kappa shape index (κ2) is 7.19. The number of nitrogens with one attached hydrogen (secondary N) is 1. The predicted octanol–water partition coefficient (Wildman–Crippen LogP) is 4.85. The summed E-state index contributed by atoms with van der Waals surface area (Å²) in [6, 6.07) is 12.9. The highest BCUT2D eigenvalue weighted by atomic mass is 35.6. The van der Waals surface area contributed by atoms with E-state index in [1.165, 1.54) is 24.3 Å². The Labute approximate surface area is 170 Å². The minimum Gasteiger partial charge on any atom is -0.306 e. The molecule has 3 rings (SSSR count). The van der Waals surface area contributed by atoms with Crippen LogP contribution >= 0.6 is 46.4 Å². The van der Waals surface area contributed by atoms with Crippen LogP contribution in [0, 0.1) is 6.92 Å². The maximum atomic E-state index is 12.8. The minimum atomic E-state index is -3.98. The number of rotatable bonds is 4. The van der Waals surface area contributed by atoms with Crippen LogP contribution in [0.15, 0.2) is 53.4 Å². The zero-order valence-electron chi connectivity index (χ0n) is 13.3. The molecular weight excluding hydrogens is 440 g/mol. The van der Waals surface area contributed by atoms with Gasteiger partial charge in [0, 0.05) is 5.02 Å². The summed E-state index contributed by atoms with van der Waals surface area (Å²) in [6.07, 6.45) is -1.21. The van der Waals surface area contributed by atoms with E-state index < -0.39 is 20.0 Å². The molecule has 0 saturated heterocycles. The number of fused-ring (bicyclic) bond motifs is 1. The number of alkyl halides is 3. The van der Waals surface area contributed by atoms with Crippen LogP contribution < -0.4 is 4.72 Å². The summed E-state index contributed by atoms with van der Waals surface area (Å²) in [4.78, 5) is 4.40. The van der Waals surface area contributed by atoms with Crippen molar-refractivity contribution in [2.24, 2.45) is 0 Å². The van der Waals surface area contributed by atoms with E-state index in [-0.39, 0.29) is 4.90 Å². The summed E-state index contributed by atoms with van der Waals surface area (Å²) >= 11 is 24.2. The van der Waals surface area contributed by atoms with Gasteiger partial charge in [0.15, 0.2) is 0 Å². The lowest BCUT2D eigenvalue weighted by molar-refractivity contribution is 0.469. The Bertz CT molecular complexity index is 1040. The van der Waals surface area contributed by atoms with Gasteiger partial charge < -0.3 is 4.57 Å². The molecule has 1 aromatic heterocycles. The standard InChI is InChI=1S/C16H13Cl4N3O2S/c1-10-21-13-4-2-3-5-14(13)23(10)15(16(18,19)20)22-26(24,25)12-8-6-11(17)7-9-12/h2-9,15,22H,1H3. The summed E-state index contributed by atoms with van der Waals surface area (Å²) in [7, 11) is -3.98. The lowest BCUT2D eigenvalue weighted by Gasteiger charge is -2.28. The van der Waals surface area contributed by atoms with E-state index in [0.29, 0.717) is 21.9 Å². The molecule has 5 nitrogen and oxygen atoms in total. The monoisotopic (exact) mass is 451 g/mol. The van der Waals surface area contributed by atoms with Gasteiger partial charge in [0.05, 0.1) is 15.9 Å². The number of halogens is 4. The van der Waals surface area contributed by atoms with Crippen molar-refractivity contribution in [1.82, 2.24) is 14.3 Å². The Balaban J connectivity index is 2.10. The second-order valence-corrected chi connectivity index (χ2v) is 10.1. The van der Waals surface area contributed by atoms with Gasteiger partial charge in [0.2, 0.25) is 13.8 Å². The van der Waals surface area contributed by atoms with Gasteiger partial charge in [0.25, 0.3) is 0 Å². The molecule has 0 aliphatic rings. The number of imidazole rings is 1. The van der Waals surface area contributed by atoms with Crippen LogP contribution in [0.25, 0.3) is 11.0 Å². The summed E-state index contributed by atoms with van der Waals surface area (Å²) in [5.41, 5.74) is 1.30. The fourth-order valence-corrected chi connectivity index (χ4v) is 4.57. The molecule has 0 aliphatic carbocycles. The van der Waals surface area contributed by atoms with E-state index in [0.717, 1.165) is 0 Å². The van der Waals surface area contributed by atoms with Crippen LogP contribution in [0.2, 0.25) is 5.02 Å². The Morgan fingerprint density at radius 3 is 2.31 bits per heavy atom. The summed E-state index contributed by atoms with van der Waals surface area (Å²) < 4.78 is 27.6. The van der Waals surface area contributed by atoms with Crippen LogP contribution in [0.4, 0.5) is 0 Å². The van der Waals surface area contributed by atoms with Gasteiger partial charge >= 0.3 is 0 Å². The number of hydrogen-bond acceptors (Lipinski definition) is 3. The molecule has 26 heavy (non-hydrogen) atoms. The zero-order chi connectivity index (χ0) is 19.1. The number of hydrogen-bond donors (Lipinski definition) is 1. The van der Waals surface area contributed by atoms with Crippen LogP contribution in [0.1, 0.15) is 12.0 Å². The first kappa shape index (κ1) is 19.7. The molecule has 10 heteroatoms. The molecule has 2 aromatic carbocycles. The number of nitrogens with zero attached hydrogens (tertiary/aromatic N) is 2. The van der Waals surface area contributed by atoms with E-state index in [1.54, 1.807) is 29.7 Å². The number of aryl methyl sites for hydroxylation is 1. The third-order valence-corrected chi connectivity index (χ3v) is 6.03. The molecule has 1 heterocycles. The van der Waals surface area contributed by atoms with Crippen molar-refractivity contribution in [3.05, 3.63) is 59.4 Å². The van der Waals surface area contributed by atoms with Crippen molar-refractivity contribution < 1.29 is 8.42 Å². The van der Waals surface area contributed by atoms with Gasteiger partial charge in [-0.15, -0.1) is 0 Å². The van der Waals surface area contributed by atoms with E-state index >= 15 is 0 Å². The van der Waals surface area contributed by atoms with Crippen LogP contribution in [0.5, 0.6) is 0 Å². The van der Waals surface area contributed by atoms with E-state index in [2.05, 4.69) is 9.71 Å². The second-order valence-electron chi connectivity index (χ2n) is 5.54. The Morgan fingerprint density at radius 2 is 1.69 bits per heavy atom. The molecule has 3 aromatic rings. The summed E-state index contributed by atoms with van der Waals surface area (Å²) in [5.74, 6) is 0.501. The molecular formula is C16H13Cl4N3O2S. The Hall–Kier alpha value is -1.02. The predicted molar refractivity (Wildman–Crippen MR) is 106 cm³/mol. The summed E-state index contributed by atoms with van der Waals surface area (Å²) in [6.45, 7) is 1.71. The van der Waals surface area contributed by atoms with Gasteiger partial charge in [-0.2, -0.15) is 4.72 Å². The fraction of sp³-hybridized carbons (Fsp3) is 0.188. The van der Waals surface area contributed by atoms with Crippen LogP contribution in [0.3, 0.4) is 0 Å². The Kier molecular flexibility index (Phi) is 5.45. The number of aromatic nitrogens is 2. The van der Waals surface area contributed by atoms with Crippen LogP contribution in [-0.2, 0) is 10.0 Å². The number of sulfonamides is 1. The van der Waals surface area contributed by atoms with Gasteiger partial charge in [-0.1, -0.05) is 58.5 Å². The maximum Gasteiger partial charge on any atom is 0.242 e. The maximum absolute atomic E-state index is 12.8. The molecule has 0 bridgehead atoms. The highest BCUT2D eigenvalue weighted by Gasteiger charge is 2.39. The fourth-order valence-electron chi connectivity index (χ4n) is 2.59. The average molecular weight is 453 g/mol. The van der Waals surface area contributed by atoms with Crippen molar-refractivity contribution >= 4 is 67.5 Å². The molecule has 0 saturated carbocycles. The number of para-hydroxylation sites is 2. The molecule has 0 radical (unpaired) electrons. The van der Waals surface area contributed by atoms with Gasteiger partial charge in [-0.3, -0.25) is 0 Å². The molecule has 0 aliphatic heterocycles. The van der Waals surface area contributed by atoms with Crippen molar-refractivity contribution in [2.45, 2.75) is 21.8 Å². The largest absolute Gasteiger partial charge is 0.306 e. The molecule has 138 valence electrons. The lowest BCUT2D eigenvalue weighted by atomic mass is 10.3. The average Bonchev–Trinajstić information content (AvgIpc) is 2.87. The third kappa shape index (κ3) is 3.96. The quantitative estimate of drug-likeness (QED) is 0.575. The van der Waals surface area contributed by atoms with Crippen molar-refractivity contribution in [2.75, 3.05) is 0 Å². The molecule has 1 unspecified atom stereocenters. The van der Waals surface area contributed by atoms with Gasteiger partial charge in [-0.25, -0.2) is 13.4 Å². The van der Waals surface area contributed by atoms with Crippen molar-refractivity contribution in [1.29, 1.82) is 0 Å². The summed E-state index contributed by atoms with van der Waals surface area (Å²) in [5, 5.41) is 0.415. The topological polar surface area (TPSA) is 64.0 Å². The highest BCUT2D eigenvalue weighted by Crippen LogP contribution is 2.39. The van der Waals surface area contributed by atoms with E-state index in [1.807, 2.05) is 6.07 Å². The normalized spacial score (nSPS) is 13.9. The molecule has 0 fully saturated rings. The first-order chi connectivity index (χ1) is 12.1.